The first kappa shape index (κ1) is 19.7. The predicted octanol–water partition coefficient (Wildman–Crippen LogP) is 2.25. The quantitative estimate of drug-likeness (QED) is 0.695. The molecule has 3 rings (SSSR count). The van der Waals surface area contributed by atoms with Crippen molar-refractivity contribution in [1.29, 1.82) is 0 Å². The van der Waals surface area contributed by atoms with Gasteiger partial charge in [-0.3, -0.25) is 19.8 Å². The molecule has 0 radical (unpaired) electrons. The van der Waals surface area contributed by atoms with Crippen LogP contribution in [0.15, 0.2) is 12.1 Å². The van der Waals surface area contributed by atoms with Crippen LogP contribution in [0.1, 0.15) is 25.7 Å². The number of carboxylic acid groups (broad SMARTS) is 1. The lowest BCUT2D eigenvalue weighted by atomic mass is 9.88. The fourth-order valence-electron chi connectivity index (χ4n) is 3.39. The first-order valence-electron chi connectivity index (χ1n) is 8.48. The first-order valence-corrected chi connectivity index (χ1v) is 9.24. The molecular formula is C17H19Cl2N3O5. The van der Waals surface area contributed by atoms with Gasteiger partial charge in [-0.05, 0) is 25.0 Å². The Bertz CT molecular complexity index is 793. The Kier molecular flexibility index (Phi) is 5.50. The Balaban J connectivity index is 1.77. The number of rotatable bonds is 4. The maximum Gasteiger partial charge on any atom is 0.328 e. The van der Waals surface area contributed by atoms with Gasteiger partial charge < -0.3 is 15.1 Å². The maximum atomic E-state index is 12.0. The molecule has 1 aromatic carbocycles. The second-order valence-corrected chi connectivity index (χ2v) is 7.61. The molecule has 1 aromatic rings. The Labute approximate surface area is 165 Å². The van der Waals surface area contributed by atoms with E-state index in [-0.39, 0.29) is 25.3 Å². The molecule has 2 aliphatic rings. The molecule has 0 atom stereocenters. The summed E-state index contributed by atoms with van der Waals surface area (Å²) in [5.74, 6) is -1.37. The fourth-order valence-corrected chi connectivity index (χ4v) is 3.93. The van der Waals surface area contributed by atoms with Crippen LogP contribution in [0.5, 0.6) is 0 Å². The minimum atomic E-state index is -1.23. The van der Waals surface area contributed by atoms with E-state index in [1.54, 1.807) is 12.1 Å². The third-order valence-corrected chi connectivity index (χ3v) is 5.48. The average molecular weight is 416 g/mol. The zero-order valence-electron chi connectivity index (χ0n) is 14.4. The van der Waals surface area contributed by atoms with Gasteiger partial charge in [-0.2, -0.15) is 0 Å². The summed E-state index contributed by atoms with van der Waals surface area (Å²) in [5.41, 5.74) is -0.164. The molecule has 0 unspecified atom stereocenters. The number of hydrogen-bond acceptors (Lipinski definition) is 5. The molecule has 0 aliphatic carbocycles. The number of benzene rings is 1. The summed E-state index contributed by atoms with van der Waals surface area (Å²) in [6, 6.07) is 2.67. The molecule has 2 heterocycles. The van der Waals surface area contributed by atoms with Crippen LogP contribution < -0.4 is 15.1 Å². The van der Waals surface area contributed by atoms with Crippen LogP contribution in [0, 0.1) is 0 Å². The average Bonchev–Trinajstić information content (AvgIpc) is 2.57. The van der Waals surface area contributed by atoms with Crippen molar-refractivity contribution in [2.24, 2.45) is 0 Å². The summed E-state index contributed by atoms with van der Waals surface area (Å²) in [7, 11) is 0. The zero-order valence-corrected chi connectivity index (χ0v) is 15.9. The van der Waals surface area contributed by atoms with Gasteiger partial charge in [0.15, 0.2) is 0 Å². The Morgan fingerprint density at radius 3 is 2.30 bits per heavy atom. The predicted molar refractivity (Wildman–Crippen MR) is 101 cm³/mol. The second kappa shape index (κ2) is 7.53. The van der Waals surface area contributed by atoms with Crippen LogP contribution >= 0.6 is 23.2 Å². The van der Waals surface area contributed by atoms with Crippen LogP contribution in [0.2, 0.25) is 10.0 Å². The highest BCUT2D eigenvalue weighted by molar-refractivity contribution is 6.37. The molecule has 0 saturated carbocycles. The Hall–Kier alpha value is -2.03. The molecule has 10 heteroatoms. The van der Waals surface area contributed by atoms with Gasteiger partial charge in [0.25, 0.3) is 0 Å². The van der Waals surface area contributed by atoms with E-state index in [9.17, 15) is 19.5 Å². The highest BCUT2D eigenvalue weighted by atomic mass is 35.5. The highest BCUT2D eigenvalue weighted by Crippen LogP contribution is 2.39. The number of aliphatic hydroxyl groups is 1. The molecule has 2 fully saturated rings. The largest absolute Gasteiger partial charge is 0.481 e. The molecule has 0 bridgehead atoms. The highest BCUT2D eigenvalue weighted by Gasteiger charge is 2.35. The van der Waals surface area contributed by atoms with Gasteiger partial charge in [0.05, 0.1) is 33.4 Å². The van der Waals surface area contributed by atoms with E-state index < -0.39 is 17.6 Å². The molecule has 2 aliphatic heterocycles. The number of hydrogen-bond donors (Lipinski definition) is 3. The number of carbonyl (C=O) groups is 3. The summed E-state index contributed by atoms with van der Waals surface area (Å²) in [5, 5.41) is 22.2. The van der Waals surface area contributed by atoms with E-state index in [1.165, 1.54) is 4.90 Å². The Morgan fingerprint density at radius 2 is 1.70 bits per heavy atom. The molecule has 3 N–H and O–H groups in total. The van der Waals surface area contributed by atoms with Crippen molar-refractivity contribution in [1.82, 2.24) is 5.32 Å². The Morgan fingerprint density at radius 1 is 1.11 bits per heavy atom. The molecule has 27 heavy (non-hydrogen) atoms. The van der Waals surface area contributed by atoms with Gasteiger partial charge in [-0.25, -0.2) is 4.79 Å². The SMILES string of the molecule is O=C(O)CC1(O)CCN(c2cc(Cl)c(N3CCC(=O)NC3=O)cc2Cl)CC1. The number of amides is 3. The van der Waals surface area contributed by atoms with Crippen molar-refractivity contribution in [2.45, 2.75) is 31.3 Å². The van der Waals surface area contributed by atoms with Crippen molar-refractivity contribution in [3.63, 3.8) is 0 Å². The summed E-state index contributed by atoms with van der Waals surface area (Å²) in [6.07, 6.45) is 0.476. The molecule has 8 nitrogen and oxygen atoms in total. The van der Waals surface area contributed by atoms with Crippen molar-refractivity contribution in [2.75, 3.05) is 29.4 Å². The lowest BCUT2D eigenvalue weighted by Gasteiger charge is -2.39. The summed E-state index contributed by atoms with van der Waals surface area (Å²) in [4.78, 5) is 37.5. The molecule has 0 spiro atoms. The van der Waals surface area contributed by atoms with Gasteiger partial charge in [-0.1, -0.05) is 23.2 Å². The minimum absolute atomic E-state index is 0.176. The van der Waals surface area contributed by atoms with Crippen LogP contribution in [0.3, 0.4) is 0 Å². The normalized spacial score (nSPS) is 19.8. The van der Waals surface area contributed by atoms with Crippen LogP contribution in [-0.2, 0) is 9.59 Å². The lowest BCUT2D eigenvalue weighted by molar-refractivity contribution is -0.143. The number of carboxylic acids is 1. The molecular weight excluding hydrogens is 397 g/mol. The minimum Gasteiger partial charge on any atom is -0.481 e. The van der Waals surface area contributed by atoms with Crippen LogP contribution in [0.4, 0.5) is 16.2 Å². The number of imide groups is 1. The van der Waals surface area contributed by atoms with Crippen LogP contribution in [-0.4, -0.2) is 53.4 Å². The third kappa shape index (κ3) is 4.28. The van der Waals surface area contributed by atoms with Gasteiger partial charge in [0.2, 0.25) is 5.91 Å². The smallest absolute Gasteiger partial charge is 0.328 e. The van der Waals surface area contributed by atoms with Crippen molar-refractivity contribution in [3.05, 3.63) is 22.2 Å². The number of piperidine rings is 1. The van der Waals surface area contributed by atoms with E-state index in [4.69, 9.17) is 28.3 Å². The number of carbonyl (C=O) groups excluding carboxylic acids is 2. The number of halogens is 2. The van der Waals surface area contributed by atoms with E-state index >= 15 is 0 Å². The molecule has 3 amide bonds. The summed E-state index contributed by atoms with van der Waals surface area (Å²) >= 11 is 12.8. The number of urea groups is 1. The maximum absolute atomic E-state index is 12.0. The fraction of sp³-hybridized carbons (Fsp3) is 0.471. The second-order valence-electron chi connectivity index (χ2n) is 6.79. The molecule has 146 valence electrons. The first-order chi connectivity index (χ1) is 12.7. The van der Waals surface area contributed by atoms with Crippen molar-refractivity contribution < 1.29 is 24.6 Å². The number of nitrogens with zero attached hydrogens (tertiary/aromatic N) is 2. The standard InChI is InChI=1S/C17H19Cl2N3O5/c18-10-8-13(22-4-1-14(23)20-16(22)26)11(19)7-12(10)21-5-2-17(27,3-6-21)9-15(24)25/h7-8,27H,1-6,9H2,(H,24,25)(H,20,23,26). The van der Waals surface area contributed by atoms with E-state index in [0.29, 0.717) is 47.4 Å². The monoisotopic (exact) mass is 415 g/mol. The summed E-state index contributed by atoms with van der Waals surface area (Å²) < 4.78 is 0. The van der Waals surface area contributed by atoms with Gasteiger partial charge in [0.1, 0.15) is 0 Å². The number of aliphatic carboxylic acids is 1. The van der Waals surface area contributed by atoms with Gasteiger partial charge >= 0.3 is 12.0 Å². The molecule has 2 saturated heterocycles. The van der Waals surface area contributed by atoms with Crippen molar-refractivity contribution in [3.8, 4) is 0 Å². The third-order valence-electron chi connectivity index (χ3n) is 4.88. The van der Waals surface area contributed by atoms with E-state index in [0.717, 1.165) is 0 Å². The van der Waals surface area contributed by atoms with E-state index in [2.05, 4.69) is 5.32 Å². The van der Waals surface area contributed by atoms with Gasteiger partial charge in [0, 0.05) is 26.1 Å². The van der Waals surface area contributed by atoms with Crippen molar-refractivity contribution >= 4 is 52.5 Å². The zero-order chi connectivity index (χ0) is 19.8. The topological polar surface area (TPSA) is 110 Å². The lowest BCUT2D eigenvalue weighted by Crippen LogP contribution is -2.49. The number of anilines is 2. The summed E-state index contributed by atoms with van der Waals surface area (Å²) in [6.45, 7) is 1.07. The number of nitrogens with one attached hydrogen (secondary N) is 1. The van der Waals surface area contributed by atoms with Crippen LogP contribution in [0.25, 0.3) is 0 Å². The molecule has 0 aromatic heterocycles. The van der Waals surface area contributed by atoms with E-state index in [1.807, 2.05) is 4.90 Å². The van der Waals surface area contributed by atoms with Gasteiger partial charge in [-0.15, -0.1) is 0 Å².